The molecule has 1 aliphatic rings. The molecule has 1 aromatic carbocycles. The number of nitrogens with one attached hydrogen (secondary N) is 1. The summed E-state index contributed by atoms with van der Waals surface area (Å²) in [5.74, 6) is -2.13. The Hall–Kier alpha value is -2.48. The maximum atomic E-state index is 14.3. The van der Waals surface area contributed by atoms with Gasteiger partial charge in [0.25, 0.3) is 0 Å². The van der Waals surface area contributed by atoms with Crippen LogP contribution in [0, 0.1) is 5.82 Å². The van der Waals surface area contributed by atoms with Gasteiger partial charge in [-0.3, -0.25) is 4.79 Å². The van der Waals surface area contributed by atoms with Gasteiger partial charge in [0, 0.05) is 12.2 Å². The van der Waals surface area contributed by atoms with Crippen molar-refractivity contribution >= 4 is 39.5 Å². The predicted molar refractivity (Wildman–Crippen MR) is 75.9 cm³/mol. The fourth-order valence-electron chi connectivity index (χ4n) is 2.64. The summed E-state index contributed by atoms with van der Waals surface area (Å²) in [5, 5.41) is 18.6. The molecule has 2 aromatic heterocycles. The monoisotopic (exact) mass is 322 g/mol. The molecule has 0 bridgehead atoms. The lowest BCUT2D eigenvalue weighted by atomic mass is 10.1. The van der Waals surface area contributed by atoms with Crippen LogP contribution in [0.2, 0.25) is 5.02 Å². The molecule has 0 unspecified atom stereocenters. The van der Waals surface area contributed by atoms with Crippen LogP contribution in [0.4, 0.5) is 4.39 Å². The number of carbonyl (C=O) groups is 1. The van der Waals surface area contributed by atoms with Gasteiger partial charge in [-0.2, -0.15) is 15.4 Å². The Morgan fingerprint density at radius 3 is 2.73 bits per heavy atom. The zero-order chi connectivity index (χ0) is 15.6. The first-order valence-corrected chi connectivity index (χ1v) is 6.88. The van der Waals surface area contributed by atoms with Crippen LogP contribution >= 0.6 is 11.6 Å². The smallest absolute Gasteiger partial charge is 0.341 e. The molecule has 0 saturated heterocycles. The fourth-order valence-corrected chi connectivity index (χ4v) is 2.92. The van der Waals surface area contributed by atoms with E-state index >= 15 is 0 Å². The van der Waals surface area contributed by atoms with E-state index in [2.05, 4.69) is 15.4 Å². The fraction of sp³-hybridized carbons (Fsp3) is 0.231. The minimum absolute atomic E-state index is 0.00227. The Kier molecular flexibility index (Phi) is 2.56. The average molecular weight is 323 g/mol. The van der Waals surface area contributed by atoms with E-state index in [1.807, 2.05) is 0 Å². The SMILES string of the molecule is O=C(O)c1cn(C2CC2)c2c(Cl)c(F)c3n[nH]nc3c2c1=O. The number of aromatic carboxylic acids is 1. The normalized spacial score (nSPS) is 14.8. The van der Waals surface area contributed by atoms with Crippen LogP contribution in [0.1, 0.15) is 29.2 Å². The highest BCUT2D eigenvalue weighted by molar-refractivity contribution is 6.37. The lowest BCUT2D eigenvalue weighted by molar-refractivity contribution is 0.0695. The first-order valence-electron chi connectivity index (χ1n) is 6.50. The van der Waals surface area contributed by atoms with Crippen molar-refractivity contribution in [2.45, 2.75) is 18.9 Å². The average Bonchev–Trinajstić information content (AvgIpc) is 3.20. The lowest BCUT2D eigenvalue weighted by Crippen LogP contribution is -2.19. The van der Waals surface area contributed by atoms with Crippen molar-refractivity contribution in [1.82, 2.24) is 20.0 Å². The molecular weight excluding hydrogens is 315 g/mol. The summed E-state index contributed by atoms with van der Waals surface area (Å²) < 4.78 is 15.9. The minimum Gasteiger partial charge on any atom is -0.477 e. The molecule has 1 saturated carbocycles. The summed E-state index contributed by atoms with van der Waals surface area (Å²) >= 11 is 6.08. The van der Waals surface area contributed by atoms with Gasteiger partial charge in [-0.15, -0.1) is 0 Å². The second-order valence-corrected chi connectivity index (χ2v) is 5.57. The van der Waals surface area contributed by atoms with Crippen LogP contribution in [-0.4, -0.2) is 31.1 Å². The molecular formula is C13H8ClFN4O3. The lowest BCUT2D eigenvalue weighted by Gasteiger charge is -2.13. The molecule has 112 valence electrons. The van der Waals surface area contributed by atoms with E-state index in [0.717, 1.165) is 12.8 Å². The summed E-state index contributed by atoms with van der Waals surface area (Å²) in [4.78, 5) is 23.8. The summed E-state index contributed by atoms with van der Waals surface area (Å²) in [6.45, 7) is 0. The maximum Gasteiger partial charge on any atom is 0.341 e. The number of halogens is 2. The van der Waals surface area contributed by atoms with Gasteiger partial charge in [-0.05, 0) is 12.8 Å². The van der Waals surface area contributed by atoms with Crippen LogP contribution in [0.25, 0.3) is 21.9 Å². The Labute approximate surface area is 126 Å². The van der Waals surface area contributed by atoms with Gasteiger partial charge in [0.2, 0.25) is 5.43 Å². The zero-order valence-corrected chi connectivity index (χ0v) is 11.7. The van der Waals surface area contributed by atoms with E-state index in [4.69, 9.17) is 11.6 Å². The molecule has 0 aliphatic heterocycles. The highest BCUT2D eigenvalue weighted by Crippen LogP contribution is 2.40. The van der Waals surface area contributed by atoms with Gasteiger partial charge < -0.3 is 9.67 Å². The van der Waals surface area contributed by atoms with Gasteiger partial charge in [0.1, 0.15) is 16.1 Å². The Morgan fingerprint density at radius 1 is 1.41 bits per heavy atom. The van der Waals surface area contributed by atoms with Gasteiger partial charge in [-0.1, -0.05) is 11.6 Å². The highest BCUT2D eigenvalue weighted by atomic mass is 35.5. The molecule has 0 atom stereocenters. The summed E-state index contributed by atoms with van der Waals surface area (Å²) in [6.07, 6.45) is 2.85. The molecule has 0 radical (unpaired) electrons. The van der Waals surface area contributed by atoms with Crippen molar-refractivity contribution < 1.29 is 14.3 Å². The van der Waals surface area contributed by atoms with Crippen molar-refractivity contribution in [3.63, 3.8) is 0 Å². The van der Waals surface area contributed by atoms with Crippen molar-refractivity contribution in [3.05, 3.63) is 32.8 Å². The first kappa shape index (κ1) is 13.2. The largest absolute Gasteiger partial charge is 0.477 e. The molecule has 0 amide bonds. The number of nitrogens with zero attached hydrogens (tertiary/aromatic N) is 3. The van der Waals surface area contributed by atoms with Gasteiger partial charge >= 0.3 is 5.97 Å². The number of hydrogen-bond acceptors (Lipinski definition) is 4. The number of rotatable bonds is 2. The van der Waals surface area contributed by atoms with Crippen LogP contribution in [0.15, 0.2) is 11.0 Å². The number of hydrogen-bond donors (Lipinski definition) is 2. The number of benzene rings is 1. The van der Waals surface area contributed by atoms with Crippen molar-refractivity contribution in [2.24, 2.45) is 0 Å². The highest BCUT2D eigenvalue weighted by Gasteiger charge is 2.30. The summed E-state index contributed by atoms with van der Waals surface area (Å²) in [6, 6.07) is 0.00227. The van der Waals surface area contributed by atoms with E-state index in [0.29, 0.717) is 0 Å². The van der Waals surface area contributed by atoms with E-state index in [1.165, 1.54) is 6.20 Å². The number of aromatic amines is 1. The van der Waals surface area contributed by atoms with E-state index in [9.17, 15) is 19.1 Å². The number of carboxylic acid groups (broad SMARTS) is 1. The molecule has 7 nitrogen and oxygen atoms in total. The second kappa shape index (κ2) is 4.26. The molecule has 22 heavy (non-hydrogen) atoms. The van der Waals surface area contributed by atoms with E-state index in [-0.39, 0.29) is 33.0 Å². The molecule has 0 spiro atoms. The molecule has 4 rings (SSSR count). The van der Waals surface area contributed by atoms with Gasteiger partial charge in [0.05, 0.1) is 10.9 Å². The molecule has 9 heteroatoms. The number of H-pyrrole nitrogens is 1. The molecule has 1 aliphatic carbocycles. The van der Waals surface area contributed by atoms with Crippen LogP contribution in [0.3, 0.4) is 0 Å². The third-order valence-electron chi connectivity index (χ3n) is 3.80. The Bertz CT molecular complexity index is 1020. The van der Waals surface area contributed by atoms with Crippen molar-refractivity contribution in [1.29, 1.82) is 0 Å². The van der Waals surface area contributed by atoms with Gasteiger partial charge in [-0.25, -0.2) is 9.18 Å². The number of carboxylic acids is 1. The topological polar surface area (TPSA) is 101 Å². The van der Waals surface area contributed by atoms with Crippen molar-refractivity contribution in [3.8, 4) is 0 Å². The van der Waals surface area contributed by atoms with E-state index in [1.54, 1.807) is 4.57 Å². The second-order valence-electron chi connectivity index (χ2n) is 5.19. The number of pyridine rings is 1. The number of fused-ring (bicyclic) bond motifs is 3. The molecule has 2 N–H and O–H groups in total. The van der Waals surface area contributed by atoms with E-state index < -0.39 is 22.8 Å². The maximum absolute atomic E-state index is 14.3. The zero-order valence-electron chi connectivity index (χ0n) is 10.9. The predicted octanol–water partition coefficient (Wildman–Crippen LogP) is 2.10. The van der Waals surface area contributed by atoms with Crippen LogP contribution in [-0.2, 0) is 0 Å². The quantitative estimate of drug-likeness (QED) is 0.752. The number of aromatic nitrogens is 4. The minimum atomic E-state index is -1.35. The third-order valence-corrected chi connectivity index (χ3v) is 4.14. The molecule has 3 aromatic rings. The Balaban J connectivity index is 2.33. The third kappa shape index (κ3) is 1.61. The molecule has 2 heterocycles. The van der Waals surface area contributed by atoms with Crippen molar-refractivity contribution in [2.75, 3.05) is 0 Å². The van der Waals surface area contributed by atoms with Gasteiger partial charge in [0.15, 0.2) is 11.3 Å². The first-order chi connectivity index (χ1) is 10.5. The summed E-state index contributed by atoms with van der Waals surface area (Å²) in [7, 11) is 0. The van der Waals surface area contributed by atoms with Crippen LogP contribution in [0.5, 0.6) is 0 Å². The summed E-state index contributed by atoms with van der Waals surface area (Å²) in [5.41, 5.74) is -1.18. The van der Waals surface area contributed by atoms with Crippen LogP contribution < -0.4 is 5.43 Å². The standard InChI is InChI=1S/C13H8ClFN4O3/c14-7-8(15)10-9(16-18-17-10)6-11(7)19(4-1-2-4)3-5(12(6)20)13(21)22/h3-4H,1-2H2,(H,21,22)(H,16,17,18). The molecule has 1 fully saturated rings. The Morgan fingerprint density at radius 2 is 2.09 bits per heavy atom.